The van der Waals surface area contributed by atoms with E-state index in [-0.39, 0.29) is 36.2 Å². The fourth-order valence-electron chi connectivity index (χ4n) is 4.63. The van der Waals surface area contributed by atoms with Crippen molar-refractivity contribution >= 4 is 5.91 Å². The molecule has 2 aliphatic heterocycles. The normalized spacial score (nSPS) is 23.6. The van der Waals surface area contributed by atoms with E-state index in [4.69, 9.17) is 9.47 Å². The summed E-state index contributed by atoms with van der Waals surface area (Å²) in [6.07, 6.45) is 1.70. The Balaban J connectivity index is 1.39. The van der Waals surface area contributed by atoms with Gasteiger partial charge in [-0.3, -0.25) is 14.7 Å². The maximum absolute atomic E-state index is 13.0. The third kappa shape index (κ3) is 6.93. The van der Waals surface area contributed by atoms with Crippen molar-refractivity contribution in [3.8, 4) is 5.75 Å². The quantitative estimate of drug-likeness (QED) is 0.625. The maximum Gasteiger partial charge on any atom is 0.416 e. The summed E-state index contributed by atoms with van der Waals surface area (Å²) in [5, 5.41) is 3.03. The van der Waals surface area contributed by atoms with Crippen LogP contribution in [0.25, 0.3) is 0 Å². The van der Waals surface area contributed by atoms with Gasteiger partial charge >= 0.3 is 6.18 Å². The second kappa shape index (κ2) is 11.2. The van der Waals surface area contributed by atoms with E-state index in [1.165, 1.54) is 12.1 Å². The number of aromatic nitrogens is 1. The highest BCUT2D eigenvalue weighted by molar-refractivity contribution is 5.79. The number of carbonyl (C=O) groups excluding carboxylic acids is 1. The lowest BCUT2D eigenvalue weighted by Crippen LogP contribution is -2.48. The molecule has 9 heteroatoms. The number of nitrogens with zero attached hydrogens (tertiary/aromatic N) is 2. The number of carbonyl (C=O) groups is 1. The van der Waals surface area contributed by atoms with E-state index in [0.29, 0.717) is 32.6 Å². The number of rotatable bonds is 8. The third-order valence-corrected chi connectivity index (χ3v) is 6.31. The van der Waals surface area contributed by atoms with Crippen LogP contribution in [0.3, 0.4) is 0 Å². The Morgan fingerprint density at radius 3 is 2.76 bits per heavy atom. The smallest absolute Gasteiger partial charge is 0.416 e. The number of pyridine rings is 1. The van der Waals surface area contributed by atoms with Gasteiger partial charge in [0.1, 0.15) is 5.75 Å². The summed E-state index contributed by atoms with van der Waals surface area (Å²) in [5.41, 5.74) is 0.354. The largest absolute Gasteiger partial charge is 0.493 e. The summed E-state index contributed by atoms with van der Waals surface area (Å²) in [7, 11) is 0. The van der Waals surface area contributed by atoms with Crippen LogP contribution in [0.2, 0.25) is 0 Å². The van der Waals surface area contributed by atoms with Crippen LogP contribution in [-0.4, -0.2) is 54.7 Å². The predicted octanol–water partition coefficient (Wildman–Crippen LogP) is 3.91. The average molecular weight is 478 g/mol. The molecule has 1 amide bonds. The Hall–Kier alpha value is -2.65. The molecule has 0 spiro atoms. The molecule has 0 radical (unpaired) electrons. The van der Waals surface area contributed by atoms with Crippen molar-refractivity contribution in [3.05, 3.63) is 59.9 Å². The first-order valence-electron chi connectivity index (χ1n) is 11.7. The van der Waals surface area contributed by atoms with Gasteiger partial charge in [0.25, 0.3) is 0 Å². The van der Waals surface area contributed by atoms with Crippen molar-refractivity contribution in [2.24, 2.45) is 11.8 Å². The molecule has 1 aromatic heterocycles. The monoisotopic (exact) mass is 477 g/mol. The molecule has 1 unspecified atom stereocenters. The van der Waals surface area contributed by atoms with E-state index in [2.05, 4.69) is 15.2 Å². The van der Waals surface area contributed by atoms with Crippen LogP contribution < -0.4 is 10.1 Å². The van der Waals surface area contributed by atoms with Gasteiger partial charge in [-0.1, -0.05) is 6.07 Å². The van der Waals surface area contributed by atoms with Crippen LogP contribution in [0, 0.1) is 11.8 Å². The maximum atomic E-state index is 13.0. The Morgan fingerprint density at radius 2 is 2.03 bits per heavy atom. The number of likely N-dealkylation sites (tertiary alicyclic amines) is 1. The van der Waals surface area contributed by atoms with Gasteiger partial charge in [0, 0.05) is 51.1 Å². The topological polar surface area (TPSA) is 63.7 Å². The van der Waals surface area contributed by atoms with Crippen molar-refractivity contribution in [2.45, 2.75) is 38.1 Å². The Morgan fingerprint density at radius 1 is 1.21 bits per heavy atom. The van der Waals surface area contributed by atoms with Gasteiger partial charge in [0.15, 0.2) is 0 Å². The van der Waals surface area contributed by atoms with Gasteiger partial charge in [-0.15, -0.1) is 0 Å². The number of ether oxygens (including phenoxy) is 2. The van der Waals surface area contributed by atoms with Gasteiger partial charge in [-0.05, 0) is 55.2 Å². The molecule has 1 N–H and O–H groups in total. The number of hydrogen-bond donors (Lipinski definition) is 1. The fraction of sp³-hybridized carbons (Fsp3) is 0.520. The van der Waals surface area contributed by atoms with Crippen molar-refractivity contribution in [1.29, 1.82) is 0 Å². The Labute approximate surface area is 197 Å². The molecule has 2 aliphatic rings. The van der Waals surface area contributed by atoms with Crippen LogP contribution in [0.4, 0.5) is 13.2 Å². The Kier molecular flexibility index (Phi) is 8.05. The standard InChI is InChI=1S/C25H30F3N3O3/c26-25(27,28)21-3-1-4-22(12-21)34-17-19-11-20(24(32)30-13-23-5-2-10-33-23)16-31(15-19)14-18-6-8-29-9-7-18/h1,3-4,6-9,12,19-20,23H,2,5,10-11,13-17H2,(H,30,32)/t19-,20+,23?/m0/s1. The van der Waals surface area contributed by atoms with Gasteiger partial charge < -0.3 is 14.8 Å². The van der Waals surface area contributed by atoms with Crippen LogP contribution in [0.5, 0.6) is 5.75 Å². The summed E-state index contributed by atoms with van der Waals surface area (Å²) in [6.45, 7) is 3.45. The molecule has 2 fully saturated rings. The molecule has 3 heterocycles. The van der Waals surface area contributed by atoms with E-state index in [0.717, 1.165) is 37.1 Å². The second-order valence-electron chi connectivity index (χ2n) is 9.06. The molecule has 1 aromatic carbocycles. The number of nitrogens with one attached hydrogen (secondary N) is 1. The van der Waals surface area contributed by atoms with Gasteiger partial charge in [-0.25, -0.2) is 0 Å². The molecule has 34 heavy (non-hydrogen) atoms. The molecule has 6 nitrogen and oxygen atoms in total. The summed E-state index contributed by atoms with van der Waals surface area (Å²) in [5.74, 6) is -0.0600. The zero-order chi connectivity index (χ0) is 24.0. The van der Waals surface area contributed by atoms with Gasteiger partial charge in [0.05, 0.1) is 24.2 Å². The lowest BCUT2D eigenvalue weighted by atomic mass is 9.88. The fourth-order valence-corrected chi connectivity index (χ4v) is 4.63. The first kappa shape index (κ1) is 24.5. The first-order chi connectivity index (χ1) is 16.4. The number of hydrogen-bond acceptors (Lipinski definition) is 5. The highest BCUT2D eigenvalue weighted by Gasteiger charge is 2.33. The van der Waals surface area contributed by atoms with Crippen molar-refractivity contribution in [3.63, 3.8) is 0 Å². The van der Waals surface area contributed by atoms with E-state index < -0.39 is 11.7 Å². The lowest BCUT2D eigenvalue weighted by Gasteiger charge is -2.37. The molecular weight excluding hydrogens is 447 g/mol. The molecule has 0 saturated carbocycles. The average Bonchev–Trinajstić information content (AvgIpc) is 3.35. The van der Waals surface area contributed by atoms with Crippen molar-refractivity contribution < 1.29 is 27.4 Å². The third-order valence-electron chi connectivity index (χ3n) is 6.31. The summed E-state index contributed by atoms with van der Waals surface area (Å²) in [6, 6.07) is 8.79. The zero-order valence-electron chi connectivity index (χ0n) is 19.0. The Bertz CT molecular complexity index is 936. The number of benzene rings is 1. The summed E-state index contributed by atoms with van der Waals surface area (Å²) >= 11 is 0. The number of halogens is 3. The van der Waals surface area contributed by atoms with Crippen molar-refractivity contribution in [2.75, 3.05) is 32.8 Å². The van der Waals surface area contributed by atoms with Gasteiger partial charge in [0.2, 0.25) is 5.91 Å². The molecule has 0 bridgehead atoms. The zero-order valence-corrected chi connectivity index (χ0v) is 19.0. The van der Waals surface area contributed by atoms with E-state index >= 15 is 0 Å². The van der Waals surface area contributed by atoms with Crippen LogP contribution >= 0.6 is 0 Å². The van der Waals surface area contributed by atoms with Gasteiger partial charge in [-0.2, -0.15) is 13.2 Å². The minimum Gasteiger partial charge on any atom is -0.493 e. The minimum atomic E-state index is -4.42. The molecule has 2 aromatic rings. The molecule has 3 atom stereocenters. The number of piperidine rings is 1. The number of alkyl halides is 3. The molecule has 184 valence electrons. The summed E-state index contributed by atoms with van der Waals surface area (Å²) in [4.78, 5) is 19.2. The van der Waals surface area contributed by atoms with Crippen molar-refractivity contribution in [1.82, 2.24) is 15.2 Å². The van der Waals surface area contributed by atoms with Crippen LogP contribution in [0.15, 0.2) is 48.8 Å². The molecule has 4 rings (SSSR count). The van der Waals surface area contributed by atoms with E-state index in [1.54, 1.807) is 12.4 Å². The SMILES string of the molecule is O=C(NCC1CCCO1)[C@@H]1C[C@H](COc2cccc(C(F)(F)F)c2)CN(Cc2ccncc2)C1. The van der Waals surface area contributed by atoms with E-state index in [9.17, 15) is 18.0 Å². The highest BCUT2D eigenvalue weighted by Crippen LogP contribution is 2.32. The molecule has 0 aliphatic carbocycles. The highest BCUT2D eigenvalue weighted by atomic mass is 19.4. The summed E-state index contributed by atoms with van der Waals surface area (Å²) < 4.78 is 50.4. The predicted molar refractivity (Wildman–Crippen MR) is 120 cm³/mol. The lowest BCUT2D eigenvalue weighted by molar-refractivity contribution is -0.137. The molecule has 2 saturated heterocycles. The van der Waals surface area contributed by atoms with Crippen LogP contribution in [0.1, 0.15) is 30.4 Å². The molecular formula is C25H30F3N3O3. The number of amides is 1. The first-order valence-corrected chi connectivity index (χ1v) is 11.7. The van der Waals surface area contributed by atoms with Crippen LogP contribution in [-0.2, 0) is 22.3 Å². The second-order valence-corrected chi connectivity index (χ2v) is 9.06. The van der Waals surface area contributed by atoms with E-state index in [1.807, 2.05) is 12.1 Å². The minimum absolute atomic E-state index is 0.00334.